The van der Waals surface area contributed by atoms with Gasteiger partial charge in [0.2, 0.25) is 5.91 Å². The van der Waals surface area contributed by atoms with Crippen molar-refractivity contribution in [1.29, 1.82) is 0 Å². The maximum absolute atomic E-state index is 12.2. The zero-order valence-electron chi connectivity index (χ0n) is 9.24. The van der Waals surface area contributed by atoms with Crippen LogP contribution in [0.2, 0.25) is 0 Å². The SMILES string of the molecule is O=C(C1C2CCCC21)N1CCCNCC1. The molecule has 84 valence electrons. The standard InChI is InChI=1S/C12H20N2O/c15-12(11-9-3-1-4-10(9)11)14-7-2-5-13-6-8-14/h9-11,13H,1-8H2. The van der Waals surface area contributed by atoms with Gasteiger partial charge in [-0.1, -0.05) is 6.42 Å². The third-order valence-electron chi connectivity index (χ3n) is 4.34. The predicted molar refractivity (Wildman–Crippen MR) is 58.4 cm³/mol. The van der Waals surface area contributed by atoms with Crippen LogP contribution in [0.5, 0.6) is 0 Å². The first-order chi connectivity index (χ1) is 7.38. The van der Waals surface area contributed by atoms with E-state index in [0.29, 0.717) is 11.8 Å². The summed E-state index contributed by atoms with van der Waals surface area (Å²) in [6, 6.07) is 0. The highest BCUT2D eigenvalue weighted by atomic mass is 16.2. The Balaban J connectivity index is 1.59. The zero-order chi connectivity index (χ0) is 10.3. The summed E-state index contributed by atoms with van der Waals surface area (Å²) >= 11 is 0. The molecule has 2 saturated carbocycles. The highest BCUT2D eigenvalue weighted by molar-refractivity contribution is 5.82. The summed E-state index contributed by atoms with van der Waals surface area (Å²) in [7, 11) is 0. The van der Waals surface area contributed by atoms with Crippen molar-refractivity contribution in [3.63, 3.8) is 0 Å². The number of amides is 1. The van der Waals surface area contributed by atoms with E-state index >= 15 is 0 Å². The second kappa shape index (κ2) is 3.78. The molecular weight excluding hydrogens is 188 g/mol. The summed E-state index contributed by atoms with van der Waals surface area (Å²) in [5.41, 5.74) is 0. The van der Waals surface area contributed by atoms with Crippen LogP contribution >= 0.6 is 0 Å². The lowest BCUT2D eigenvalue weighted by atomic mass is 10.1. The van der Waals surface area contributed by atoms with Crippen molar-refractivity contribution in [3.8, 4) is 0 Å². The zero-order valence-corrected chi connectivity index (χ0v) is 9.24. The molecule has 3 rings (SSSR count). The first-order valence-corrected chi connectivity index (χ1v) is 6.37. The lowest BCUT2D eigenvalue weighted by Gasteiger charge is -2.20. The molecule has 1 heterocycles. The van der Waals surface area contributed by atoms with E-state index in [4.69, 9.17) is 0 Å². The molecule has 0 bridgehead atoms. The maximum Gasteiger partial charge on any atom is 0.226 e. The Hall–Kier alpha value is -0.570. The lowest BCUT2D eigenvalue weighted by Crippen LogP contribution is -2.36. The highest BCUT2D eigenvalue weighted by Crippen LogP contribution is 2.58. The predicted octanol–water partition coefficient (Wildman–Crippen LogP) is 0.854. The van der Waals surface area contributed by atoms with Gasteiger partial charge in [-0.2, -0.15) is 0 Å². The number of hydrogen-bond acceptors (Lipinski definition) is 2. The molecule has 15 heavy (non-hydrogen) atoms. The average Bonchev–Trinajstić information content (AvgIpc) is 2.87. The van der Waals surface area contributed by atoms with Gasteiger partial charge in [-0.05, 0) is 37.6 Å². The van der Waals surface area contributed by atoms with Gasteiger partial charge in [0.15, 0.2) is 0 Å². The van der Waals surface area contributed by atoms with E-state index < -0.39 is 0 Å². The molecule has 0 spiro atoms. The van der Waals surface area contributed by atoms with Gasteiger partial charge in [-0.25, -0.2) is 0 Å². The van der Waals surface area contributed by atoms with Gasteiger partial charge >= 0.3 is 0 Å². The Labute approximate surface area is 91.2 Å². The Morgan fingerprint density at radius 3 is 2.67 bits per heavy atom. The Morgan fingerprint density at radius 1 is 1.07 bits per heavy atom. The van der Waals surface area contributed by atoms with Gasteiger partial charge in [0.05, 0.1) is 0 Å². The van der Waals surface area contributed by atoms with Crippen LogP contribution in [0.25, 0.3) is 0 Å². The van der Waals surface area contributed by atoms with Crippen molar-refractivity contribution >= 4 is 5.91 Å². The first-order valence-electron chi connectivity index (χ1n) is 6.37. The van der Waals surface area contributed by atoms with Gasteiger partial charge in [0, 0.05) is 25.6 Å². The fourth-order valence-electron chi connectivity index (χ4n) is 3.46. The molecule has 1 amide bonds. The minimum Gasteiger partial charge on any atom is -0.341 e. The first kappa shape index (κ1) is 9.64. The van der Waals surface area contributed by atoms with Crippen LogP contribution in [0.3, 0.4) is 0 Å². The molecule has 0 aromatic rings. The van der Waals surface area contributed by atoms with Crippen LogP contribution in [0.1, 0.15) is 25.7 Å². The Bertz CT molecular complexity index is 248. The van der Waals surface area contributed by atoms with E-state index in [1.165, 1.54) is 19.3 Å². The number of carbonyl (C=O) groups is 1. The monoisotopic (exact) mass is 208 g/mol. The van der Waals surface area contributed by atoms with Gasteiger partial charge < -0.3 is 10.2 Å². The third kappa shape index (κ3) is 1.67. The van der Waals surface area contributed by atoms with Crippen molar-refractivity contribution in [1.82, 2.24) is 10.2 Å². The van der Waals surface area contributed by atoms with E-state index in [1.807, 2.05) is 0 Å². The molecule has 2 aliphatic carbocycles. The molecular formula is C12H20N2O. The van der Waals surface area contributed by atoms with Crippen molar-refractivity contribution in [2.45, 2.75) is 25.7 Å². The molecule has 1 N–H and O–H groups in total. The Morgan fingerprint density at radius 2 is 1.87 bits per heavy atom. The van der Waals surface area contributed by atoms with Crippen LogP contribution in [-0.2, 0) is 4.79 Å². The average molecular weight is 208 g/mol. The molecule has 1 saturated heterocycles. The summed E-state index contributed by atoms with van der Waals surface area (Å²) in [4.78, 5) is 14.3. The van der Waals surface area contributed by atoms with E-state index in [9.17, 15) is 4.79 Å². The van der Waals surface area contributed by atoms with E-state index in [-0.39, 0.29) is 0 Å². The van der Waals surface area contributed by atoms with Gasteiger partial charge in [-0.3, -0.25) is 4.79 Å². The van der Waals surface area contributed by atoms with Crippen LogP contribution in [0.4, 0.5) is 0 Å². The highest BCUT2D eigenvalue weighted by Gasteiger charge is 2.57. The Kier molecular flexibility index (Phi) is 2.43. The number of nitrogens with zero attached hydrogens (tertiary/aromatic N) is 1. The topological polar surface area (TPSA) is 32.3 Å². The summed E-state index contributed by atoms with van der Waals surface area (Å²) in [6.07, 6.45) is 5.11. The minimum absolute atomic E-state index is 0.428. The molecule has 0 radical (unpaired) electrons. The molecule has 3 nitrogen and oxygen atoms in total. The van der Waals surface area contributed by atoms with Crippen LogP contribution in [0.15, 0.2) is 0 Å². The summed E-state index contributed by atoms with van der Waals surface area (Å²) < 4.78 is 0. The van der Waals surface area contributed by atoms with Crippen molar-refractivity contribution < 1.29 is 4.79 Å². The summed E-state index contributed by atoms with van der Waals surface area (Å²) in [5.74, 6) is 2.44. The lowest BCUT2D eigenvalue weighted by molar-refractivity contribution is -0.133. The number of fused-ring (bicyclic) bond motifs is 1. The molecule has 3 heteroatoms. The molecule has 2 atom stereocenters. The second-order valence-electron chi connectivity index (χ2n) is 5.21. The summed E-state index contributed by atoms with van der Waals surface area (Å²) in [5, 5.41) is 3.35. The molecule has 3 fully saturated rings. The molecule has 0 aromatic heterocycles. The molecule has 1 aliphatic heterocycles. The number of hydrogen-bond donors (Lipinski definition) is 1. The third-order valence-corrected chi connectivity index (χ3v) is 4.34. The molecule has 0 aromatic carbocycles. The van der Waals surface area contributed by atoms with Crippen LogP contribution in [-0.4, -0.2) is 37.0 Å². The fraction of sp³-hybridized carbons (Fsp3) is 0.917. The molecule has 2 unspecified atom stereocenters. The quantitative estimate of drug-likeness (QED) is 0.693. The van der Waals surface area contributed by atoms with Crippen molar-refractivity contribution in [2.24, 2.45) is 17.8 Å². The van der Waals surface area contributed by atoms with Gasteiger partial charge in [0.25, 0.3) is 0 Å². The van der Waals surface area contributed by atoms with E-state index in [2.05, 4.69) is 10.2 Å². The van der Waals surface area contributed by atoms with Crippen LogP contribution in [0, 0.1) is 17.8 Å². The minimum atomic E-state index is 0.428. The number of rotatable bonds is 1. The number of carbonyl (C=O) groups excluding carboxylic acids is 1. The van der Waals surface area contributed by atoms with Crippen LogP contribution < -0.4 is 5.32 Å². The maximum atomic E-state index is 12.2. The van der Waals surface area contributed by atoms with E-state index in [0.717, 1.165) is 44.4 Å². The van der Waals surface area contributed by atoms with Crippen molar-refractivity contribution in [3.05, 3.63) is 0 Å². The largest absolute Gasteiger partial charge is 0.341 e. The second-order valence-corrected chi connectivity index (χ2v) is 5.21. The van der Waals surface area contributed by atoms with Gasteiger partial charge in [-0.15, -0.1) is 0 Å². The fourth-order valence-corrected chi connectivity index (χ4v) is 3.46. The van der Waals surface area contributed by atoms with Crippen molar-refractivity contribution in [2.75, 3.05) is 26.2 Å². The van der Waals surface area contributed by atoms with Gasteiger partial charge in [0.1, 0.15) is 0 Å². The number of nitrogens with one attached hydrogen (secondary N) is 1. The van der Waals surface area contributed by atoms with E-state index in [1.54, 1.807) is 0 Å². The normalized spacial score (nSPS) is 39.7. The summed E-state index contributed by atoms with van der Waals surface area (Å²) in [6.45, 7) is 3.95. The molecule has 3 aliphatic rings. The smallest absolute Gasteiger partial charge is 0.226 e.